The Kier molecular flexibility index (Phi) is 4.17. The minimum Gasteiger partial charge on any atom is -0.478 e. The van der Waals surface area contributed by atoms with Crippen LogP contribution in [0.5, 0.6) is 0 Å². The smallest absolute Gasteiger partial charge is 0.336 e. The summed E-state index contributed by atoms with van der Waals surface area (Å²) in [5, 5.41) is 14.0. The Balaban J connectivity index is 2.22. The van der Waals surface area contributed by atoms with Crippen LogP contribution in [0, 0.1) is 6.92 Å². The lowest BCUT2D eigenvalue weighted by molar-refractivity contribution is 0.0693. The minimum absolute atomic E-state index is 0.308. The van der Waals surface area contributed by atoms with Crippen molar-refractivity contribution in [3.05, 3.63) is 46.2 Å². The zero-order chi connectivity index (χ0) is 14.0. The van der Waals surface area contributed by atoms with Crippen LogP contribution < -0.4 is 0 Å². The topological polar surface area (TPSA) is 55.1 Å². The number of carboxylic acid groups (broad SMARTS) is 1. The van der Waals surface area contributed by atoms with Crippen molar-refractivity contribution in [2.45, 2.75) is 17.6 Å². The number of aryl methyl sites for hydroxylation is 2. The highest BCUT2D eigenvalue weighted by Gasteiger charge is 2.14. The molecule has 0 atom stereocenters. The molecule has 1 heterocycles. The Bertz CT molecular complexity index is 625. The Morgan fingerprint density at radius 1 is 1.47 bits per heavy atom. The number of carbonyl (C=O) groups is 1. The molecule has 4 nitrogen and oxygen atoms in total. The molecule has 0 aliphatic heterocycles. The summed E-state index contributed by atoms with van der Waals surface area (Å²) in [6.45, 7) is 1.85. The van der Waals surface area contributed by atoms with Gasteiger partial charge in [-0.3, -0.25) is 4.68 Å². The monoisotopic (exact) mass is 296 g/mol. The molecular formula is C13H13ClN2O2S. The molecule has 6 heteroatoms. The number of hydrogen-bond acceptors (Lipinski definition) is 3. The number of nitrogens with zero attached hydrogens (tertiary/aromatic N) is 2. The fourth-order valence-corrected chi connectivity index (χ4v) is 3.17. The van der Waals surface area contributed by atoms with Crippen molar-refractivity contribution in [2.24, 2.45) is 7.05 Å². The molecule has 1 aromatic carbocycles. The molecule has 0 saturated carbocycles. The van der Waals surface area contributed by atoms with Gasteiger partial charge in [0, 0.05) is 17.7 Å². The SMILES string of the molecule is Cc1nn(C)c(CSc2ccccc2C(=O)O)c1Cl. The van der Waals surface area contributed by atoms with E-state index in [1.54, 1.807) is 22.9 Å². The average molecular weight is 297 g/mol. The van der Waals surface area contributed by atoms with E-state index in [1.165, 1.54) is 11.8 Å². The van der Waals surface area contributed by atoms with Crippen LogP contribution in [-0.2, 0) is 12.8 Å². The lowest BCUT2D eigenvalue weighted by Crippen LogP contribution is -2.00. The maximum Gasteiger partial charge on any atom is 0.336 e. The number of hydrogen-bond donors (Lipinski definition) is 1. The van der Waals surface area contributed by atoms with E-state index in [1.807, 2.05) is 20.0 Å². The standard InChI is InChI=1S/C13H13ClN2O2S/c1-8-12(14)10(16(2)15-8)7-19-11-6-4-3-5-9(11)13(17)18/h3-6H,7H2,1-2H3,(H,17,18). The number of aromatic nitrogens is 2. The summed E-state index contributed by atoms with van der Waals surface area (Å²) in [5.41, 5.74) is 1.98. The van der Waals surface area contributed by atoms with Crippen molar-refractivity contribution in [3.63, 3.8) is 0 Å². The van der Waals surface area contributed by atoms with Gasteiger partial charge in [0.15, 0.2) is 0 Å². The van der Waals surface area contributed by atoms with Gasteiger partial charge in [-0.25, -0.2) is 4.79 Å². The van der Waals surface area contributed by atoms with Crippen LogP contribution in [0.15, 0.2) is 29.2 Å². The summed E-state index contributed by atoms with van der Waals surface area (Å²) in [6, 6.07) is 6.94. The predicted octanol–water partition coefficient (Wildman–Crippen LogP) is 3.37. The van der Waals surface area contributed by atoms with Gasteiger partial charge in [-0.2, -0.15) is 5.10 Å². The molecule has 0 radical (unpaired) electrons. The second-order valence-electron chi connectivity index (χ2n) is 4.06. The normalized spacial score (nSPS) is 10.7. The summed E-state index contributed by atoms with van der Waals surface area (Å²) in [6.07, 6.45) is 0. The van der Waals surface area contributed by atoms with Crippen LogP contribution in [0.25, 0.3) is 0 Å². The molecule has 0 spiro atoms. The molecule has 0 aliphatic carbocycles. The molecule has 0 aliphatic rings. The van der Waals surface area contributed by atoms with Gasteiger partial charge in [0.25, 0.3) is 0 Å². The third kappa shape index (κ3) is 2.93. The highest BCUT2D eigenvalue weighted by atomic mass is 35.5. The van der Waals surface area contributed by atoms with E-state index in [9.17, 15) is 4.79 Å². The summed E-state index contributed by atoms with van der Waals surface area (Å²) in [4.78, 5) is 11.8. The molecule has 0 unspecified atom stereocenters. The van der Waals surface area contributed by atoms with Crippen LogP contribution in [-0.4, -0.2) is 20.9 Å². The molecule has 19 heavy (non-hydrogen) atoms. The highest BCUT2D eigenvalue weighted by molar-refractivity contribution is 7.98. The fourth-order valence-electron chi connectivity index (χ4n) is 1.75. The third-order valence-corrected chi connectivity index (χ3v) is 4.32. The fraction of sp³-hybridized carbons (Fsp3) is 0.231. The van der Waals surface area contributed by atoms with E-state index >= 15 is 0 Å². The number of rotatable bonds is 4. The zero-order valence-corrected chi connectivity index (χ0v) is 12.1. The largest absolute Gasteiger partial charge is 0.478 e. The maximum atomic E-state index is 11.1. The maximum absolute atomic E-state index is 11.1. The van der Waals surface area contributed by atoms with Gasteiger partial charge in [0.1, 0.15) is 0 Å². The first kappa shape index (κ1) is 14.0. The summed E-state index contributed by atoms with van der Waals surface area (Å²) in [5.74, 6) is -0.337. The van der Waals surface area contributed by atoms with E-state index in [0.717, 1.165) is 16.3 Å². The van der Waals surface area contributed by atoms with Crippen LogP contribution in [0.3, 0.4) is 0 Å². The second kappa shape index (κ2) is 5.67. The summed E-state index contributed by atoms with van der Waals surface area (Å²) >= 11 is 7.61. The molecule has 1 N–H and O–H groups in total. The minimum atomic E-state index is -0.921. The van der Waals surface area contributed by atoms with Crippen molar-refractivity contribution in [2.75, 3.05) is 0 Å². The van der Waals surface area contributed by atoms with Gasteiger partial charge < -0.3 is 5.11 Å². The molecule has 2 aromatic rings. The average Bonchev–Trinajstić information content (AvgIpc) is 2.61. The first-order chi connectivity index (χ1) is 9.00. The third-order valence-electron chi connectivity index (χ3n) is 2.74. The Labute approximate surface area is 120 Å². The van der Waals surface area contributed by atoms with Crippen molar-refractivity contribution in [3.8, 4) is 0 Å². The summed E-state index contributed by atoms with van der Waals surface area (Å²) in [7, 11) is 1.83. The van der Waals surface area contributed by atoms with Crippen molar-refractivity contribution >= 4 is 29.3 Å². The first-order valence-corrected chi connectivity index (χ1v) is 7.00. The van der Waals surface area contributed by atoms with E-state index in [0.29, 0.717) is 16.3 Å². The lowest BCUT2D eigenvalue weighted by atomic mass is 10.2. The van der Waals surface area contributed by atoms with E-state index in [4.69, 9.17) is 16.7 Å². The van der Waals surface area contributed by atoms with Crippen molar-refractivity contribution in [1.82, 2.24) is 9.78 Å². The van der Waals surface area contributed by atoms with Crippen molar-refractivity contribution in [1.29, 1.82) is 0 Å². The molecule has 0 bridgehead atoms. The van der Waals surface area contributed by atoms with E-state index in [-0.39, 0.29) is 0 Å². The van der Waals surface area contributed by atoms with Gasteiger partial charge in [0.2, 0.25) is 0 Å². The molecule has 0 amide bonds. The van der Waals surface area contributed by atoms with Gasteiger partial charge in [-0.1, -0.05) is 23.7 Å². The number of aromatic carboxylic acids is 1. The number of benzene rings is 1. The number of carboxylic acids is 1. The highest BCUT2D eigenvalue weighted by Crippen LogP contribution is 2.30. The molecular weight excluding hydrogens is 284 g/mol. The second-order valence-corrected chi connectivity index (χ2v) is 5.45. The molecule has 100 valence electrons. The van der Waals surface area contributed by atoms with Crippen LogP contribution in [0.4, 0.5) is 0 Å². The van der Waals surface area contributed by atoms with Gasteiger partial charge >= 0.3 is 5.97 Å². The summed E-state index contributed by atoms with van der Waals surface area (Å²) < 4.78 is 1.73. The lowest BCUT2D eigenvalue weighted by Gasteiger charge is -2.06. The number of thioether (sulfide) groups is 1. The van der Waals surface area contributed by atoms with Crippen LogP contribution in [0.1, 0.15) is 21.7 Å². The Morgan fingerprint density at radius 3 is 2.74 bits per heavy atom. The molecule has 0 saturated heterocycles. The molecule has 0 fully saturated rings. The zero-order valence-electron chi connectivity index (χ0n) is 10.6. The van der Waals surface area contributed by atoms with Gasteiger partial charge in [0.05, 0.1) is 22.0 Å². The Morgan fingerprint density at radius 2 is 2.16 bits per heavy atom. The van der Waals surface area contributed by atoms with E-state index in [2.05, 4.69) is 5.10 Å². The van der Waals surface area contributed by atoms with Gasteiger partial charge in [-0.15, -0.1) is 11.8 Å². The van der Waals surface area contributed by atoms with Crippen LogP contribution >= 0.6 is 23.4 Å². The number of halogens is 1. The van der Waals surface area contributed by atoms with Crippen molar-refractivity contribution < 1.29 is 9.90 Å². The van der Waals surface area contributed by atoms with E-state index < -0.39 is 5.97 Å². The molecule has 2 rings (SSSR count). The Hall–Kier alpha value is -1.46. The quantitative estimate of drug-likeness (QED) is 0.879. The molecule has 1 aromatic heterocycles. The van der Waals surface area contributed by atoms with Gasteiger partial charge in [-0.05, 0) is 19.1 Å². The first-order valence-electron chi connectivity index (χ1n) is 5.63. The predicted molar refractivity (Wildman–Crippen MR) is 75.9 cm³/mol. The van der Waals surface area contributed by atoms with Crippen LogP contribution in [0.2, 0.25) is 5.02 Å².